The molecular weight excluding hydrogens is 232 g/mol. The second-order valence-corrected chi connectivity index (χ2v) is 4.17. The highest BCUT2D eigenvalue weighted by atomic mass is 16.6. The molecule has 0 aromatic carbocycles. The Labute approximate surface area is 109 Å². The minimum Gasteiger partial charge on any atom is -0.465 e. The predicted molar refractivity (Wildman–Crippen MR) is 68.8 cm³/mol. The lowest BCUT2D eigenvalue weighted by molar-refractivity contribution is -0.164. The van der Waals surface area contributed by atoms with E-state index in [4.69, 9.17) is 9.47 Å². The summed E-state index contributed by atoms with van der Waals surface area (Å²) in [5.74, 6) is -2.29. The number of allylic oxidation sites excluding steroid dienone is 1. The summed E-state index contributed by atoms with van der Waals surface area (Å²) in [5, 5.41) is 0. The van der Waals surface area contributed by atoms with Crippen LogP contribution in [0, 0.1) is 17.8 Å². The van der Waals surface area contributed by atoms with E-state index >= 15 is 0 Å². The largest absolute Gasteiger partial charge is 0.465 e. The lowest BCUT2D eigenvalue weighted by Gasteiger charge is -2.23. The Morgan fingerprint density at radius 3 is 1.89 bits per heavy atom. The number of carbonyl (C=O) groups excluding carboxylic acids is 2. The molecule has 0 saturated heterocycles. The quantitative estimate of drug-likeness (QED) is 0.397. The first kappa shape index (κ1) is 16.5. The third-order valence-electron chi connectivity index (χ3n) is 2.55. The van der Waals surface area contributed by atoms with Crippen molar-refractivity contribution in [2.75, 3.05) is 13.2 Å². The summed E-state index contributed by atoms with van der Waals surface area (Å²) in [6.07, 6.45) is 1.63. The molecule has 4 heteroatoms. The zero-order valence-corrected chi connectivity index (χ0v) is 11.6. The van der Waals surface area contributed by atoms with Crippen molar-refractivity contribution in [1.29, 1.82) is 0 Å². The Balaban J connectivity index is 5.21. The number of hydrogen-bond acceptors (Lipinski definition) is 4. The van der Waals surface area contributed by atoms with Gasteiger partial charge in [0, 0.05) is 5.92 Å². The van der Waals surface area contributed by atoms with Gasteiger partial charge in [0.1, 0.15) is 0 Å². The highest BCUT2D eigenvalue weighted by Crippen LogP contribution is 2.25. The summed E-state index contributed by atoms with van der Waals surface area (Å²) in [5.41, 5.74) is 2.63. The van der Waals surface area contributed by atoms with E-state index in [9.17, 15) is 9.59 Å². The van der Waals surface area contributed by atoms with Crippen LogP contribution in [0.5, 0.6) is 0 Å². The molecule has 0 aromatic rings. The average molecular weight is 254 g/mol. The van der Waals surface area contributed by atoms with E-state index in [1.165, 1.54) is 0 Å². The minimum atomic E-state index is -0.945. The molecule has 0 bridgehead atoms. The second kappa shape index (κ2) is 8.54. The average Bonchev–Trinajstić information content (AvgIpc) is 2.29. The van der Waals surface area contributed by atoms with Crippen molar-refractivity contribution < 1.29 is 19.1 Å². The zero-order chi connectivity index (χ0) is 14.1. The van der Waals surface area contributed by atoms with E-state index in [2.05, 4.69) is 12.3 Å². The highest BCUT2D eigenvalue weighted by molar-refractivity contribution is 5.95. The van der Waals surface area contributed by atoms with Gasteiger partial charge in [-0.1, -0.05) is 20.4 Å². The maximum absolute atomic E-state index is 11.9. The van der Waals surface area contributed by atoms with Gasteiger partial charge in [-0.05, 0) is 25.8 Å². The van der Waals surface area contributed by atoms with Gasteiger partial charge in [-0.15, -0.1) is 5.73 Å². The van der Waals surface area contributed by atoms with Crippen molar-refractivity contribution in [2.24, 2.45) is 17.8 Å². The molecule has 0 N–H and O–H groups in total. The first-order chi connectivity index (χ1) is 8.49. The topological polar surface area (TPSA) is 52.6 Å². The Kier molecular flexibility index (Phi) is 7.81. The van der Waals surface area contributed by atoms with Crippen LogP contribution in [0.3, 0.4) is 0 Å². The van der Waals surface area contributed by atoms with Crippen LogP contribution in [0.1, 0.15) is 27.7 Å². The molecule has 0 fully saturated rings. The van der Waals surface area contributed by atoms with Crippen molar-refractivity contribution in [3.8, 4) is 0 Å². The van der Waals surface area contributed by atoms with E-state index in [0.29, 0.717) is 0 Å². The number of rotatable bonds is 7. The van der Waals surface area contributed by atoms with E-state index in [0.717, 1.165) is 0 Å². The molecule has 0 radical (unpaired) electrons. The molecule has 0 aliphatic heterocycles. The van der Waals surface area contributed by atoms with E-state index in [-0.39, 0.29) is 25.0 Å². The summed E-state index contributed by atoms with van der Waals surface area (Å²) in [6.45, 7) is 11.2. The molecule has 0 aliphatic carbocycles. The van der Waals surface area contributed by atoms with E-state index < -0.39 is 17.9 Å². The third kappa shape index (κ3) is 4.76. The van der Waals surface area contributed by atoms with Crippen LogP contribution >= 0.6 is 0 Å². The molecule has 1 atom stereocenters. The summed E-state index contributed by atoms with van der Waals surface area (Å²) in [4.78, 5) is 23.8. The lowest BCUT2D eigenvalue weighted by atomic mass is 9.83. The van der Waals surface area contributed by atoms with Crippen molar-refractivity contribution in [3.63, 3.8) is 0 Å². The van der Waals surface area contributed by atoms with Gasteiger partial charge >= 0.3 is 11.9 Å². The van der Waals surface area contributed by atoms with Crippen molar-refractivity contribution in [1.82, 2.24) is 0 Å². The number of carbonyl (C=O) groups is 2. The summed E-state index contributed by atoms with van der Waals surface area (Å²) in [7, 11) is 0. The van der Waals surface area contributed by atoms with Gasteiger partial charge in [-0.2, -0.15) is 0 Å². The first-order valence-electron chi connectivity index (χ1n) is 6.18. The van der Waals surface area contributed by atoms with Crippen molar-refractivity contribution in [2.45, 2.75) is 27.7 Å². The van der Waals surface area contributed by atoms with Gasteiger partial charge in [0.2, 0.25) is 0 Å². The van der Waals surface area contributed by atoms with Crippen LogP contribution in [0.25, 0.3) is 0 Å². The van der Waals surface area contributed by atoms with Crippen LogP contribution in [-0.4, -0.2) is 25.2 Å². The summed E-state index contributed by atoms with van der Waals surface area (Å²) >= 11 is 0. The fourth-order valence-electron chi connectivity index (χ4n) is 1.68. The van der Waals surface area contributed by atoms with Gasteiger partial charge < -0.3 is 9.47 Å². The number of esters is 2. The molecule has 0 saturated carbocycles. The van der Waals surface area contributed by atoms with Gasteiger partial charge in [-0.3, -0.25) is 9.59 Å². The molecule has 102 valence electrons. The molecule has 0 aromatic heterocycles. The minimum absolute atomic E-state index is 0.0815. The molecule has 0 aliphatic rings. The zero-order valence-electron chi connectivity index (χ0n) is 11.6. The Hall–Kier alpha value is -1.54. The van der Waals surface area contributed by atoms with E-state index in [1.807, 2.05) is 13.8 Å². The standard InChI is InChI=1S/C14H22O4/c1-6-9-11(10(4)5)12(13(15)17-7-2)14(16)18-8-3/h9-12H,1,7-8H2,2-5H3. The Morgan fingerprint density at radius 1 is 1.17 bits per heavy atom. The molecule has 0 amide bonds. The van der Waals surface area contributed by atoms with Crippen LogP contribution in [0.4, 0.5) is 0 Å². The molecule has 0 rings (SSSR count). The molecular formula is C14H22O4. The molecule has 1 unspecified atom stereocenters. The second-order valence-electron chi connectivity index (χ2n) is 4.17. The van der Waals surface area contributed by atoms with Gasteiger partial charge in [0.25, 0.3) is 0 Å². The number of hydrogen-bond donors (Lipinski definition) is 0. The SMILES string of the molecule is C=C=CC(C(C)C)C(C(=O)OCC)C(=O)OCC. The van der Waals surface area contributed by atoms with Crippen LogP contribution < -0.4 is 0 Å². The third-order valence-corrected chi connectivity index (χ3v) is 2.55. The van der Waals surface area contributed by atoms with Crippen molar-refractivity contribution >= 4 is 11.9 Å². The Bertz CT molecular complexity index is 309. The summed E-state index contributed by atoms with van der Waals surface area (Å²) < 4.78 is 9.88. The maximum atomic E-state index is 11.9. The van der Waals surface area contributed by atoms with Gasteiger partial charge in [0.05, 0.1) is 13.2 Å². The fraction of sp³-hybridized carbons (Fsp3) is 0.643. The summed E-state index contributed by atoms with van der Waals surface area (Å²) in [6, 6.07) is 0. The van der Waals surface area contributed by atoms with Gasteiger partial charge in [0.15, 0.2) is 5.92 Å². The molecule has 0 spiro atoms. The predicted octanol–water partition coefficient (Wildman–Crippen LogP) is 2.34. The van der Waals surface area contributed by atoms with E-state index in [1.54, 1.807) is 19.9 Å². The van der Waals surface area contributed by atoms with Crippen LogP contribution in [0.15, 0.2) is 18.4 Å². The van der Waals surface area contributed by atoms with Crippen LogP contribution in [0.2, 0.25) is 0 Å². The maximum Gasteiger partial charge on any atom is 0.320 e. The van der Waals surface area contributed by atoms with Gasteiger partial charge in [-0.25, -0.2) is 0 Å². The number of ether oxygens (including phenoxy) is 2. The monoisotopic (exact) mass is 254 g/mol. The highest BCUT2D eigenvalue weighted by Gasteiger charge is 2.37. The first-order valence-corrected chi connectivity index (χ1v) is 6.18. The molecule has 0 heterocycles. The molecule has 18 heavy (non-hydrogen) atoms. The van der Waals surface area contributed by atoms with Crippen molar-refractivity contribution in [3.05, 3.63) is 18.4 Å². The molecule has 4 nitrogen and oxygen atoms in total. The lowest BCUT2D eigenvalue weighted by Crippen LogP contribution is -2.36. The fourth-order valence-corrected chi connectivity index (χ4v) is 1.68. The normalized spacial score (nSPS) is 11.9. The smallest absolute Gasteiger partial charge is 0.320 e. The van der Waals surface area contributed by atoms with Crippen LogP contribution in [-0.2, 0) is 19.1 Å². The Morgan fingerprint density at radius 2 is 1.61 bits per heavy atom.